The second kappa shape index (κ2) is 10.9. The zero-order chi connectivity index (χ0) is 12.2. The first-order valence-corrected chi connectivity index (χ1v) is 5.82. The van der Waals surface area contributed by atoms with Gasteiger partial charge in [-0.3, -0.25) is 4.79 Å². The highest BCUT2D eigenvalue weighted by molar-refractivity contribution is 5.77. The number of hydrogen-bond acceptors (Lipinski definition) is 4. The van der Waals surface area contributed by atoms with Gasteiger partial charge in [0.25, 0.3) is 0 Å². The Morgan fingerprint density at radius 3 is 2.50 bits per heavy atom. The van der Waals surface area contributed by atoms with Crippen molar-refractivity contribution in [2.45, 2.75) is 26.8 Å². The fourth-order valence-corrected chi connectivity index (χ4v) is 1.05. The Hall–Kier alpha value is -0.650. The average Bonchev–Trinajstić information content (AvgIpc) is 2.22. The molecule has 0 aromatic heterocycles. The van der Waals surface area contributed by atoms with Crippen LogP contribution in [-0.2, 0) is 14.3 Å². The first-order valence-electron chi connectivity index (χ1n) is 5.82. The molecule has 0 atom stereocenters. The molecule has 2 N–H and O–H groups in total. The lowest BCUT2D eigenvalue weighted by Crippen LogP contribution is -2.28. The van der Waals surface area contributed by atoms with E-state index in [9.17, 15) is 4.79 Å². The zero-order valence-corrected chi connectivity index (χ0v) is 10.5. The van der Waals surface area contributed by atoms with Gasteiger partial charge in [-0.15, -0.1) is 0 Å². The molecular weight excluding hydrogens is 208 g/mol. The lowest BCUT2D eigenvalue weighted by atomic mass is 10.4. The summed E-state index contributed by atoms with van der Waals surface area (Å²) in [6.07, 6.45) is 0. The van der Waals surface area contributed by atoms with Crippen LogP contribution in [0.25, 0.3) is 0 Å². The van der Waals surface area contributed by atoms with Crippen LogP contribution in [0.1, 0.15) is 20.8 Å². The molecule has 0 saturated heterocycles. The van der Waals surface area contributed by atoms with Crippen LogP contribution in [0.5, 0.6) is 0 Å². The number of ether oxygens (including phenoxy) is 2. The highest BCUT2D eigenvalue weighted by atomic mass is 16.5. The van der Waals surface area contributed by atoms with Crippen LogP contribution in [0, 0.1) is 0 Å². The predicted molar refractivity (Wildman–Crippen MR) is 63.5 cm³/mol. The number of carbonyl (C=O) groups is 1. The number of rotatable bonds is 10. The van der Waals surface area contributed by atoms with Crippen molar-refractivity contribution < 1.29 is 14.3 Å². The summed E-state index contributed by atoms with van der Waals surface area (Å²) in [7, 11) is 0. The van der Waals surface area contributed by atoms with Crippen molar-refractivity contribution >= 4 is 5.91 Å². The van der Waals surface area contributed by atoms with E-state index in [1.54, 1.807) is 0 Å². The maximum absolute atomic E-state index is 11.0. The van der Waals surface area contributed by atoms with Crippen LogP contribution in [0.4, 0.5) is 0 Å². The Balaban J connectivity index is 3.07. The number of hydrogen-bond donors (Lipinski definition) is 2. The molecule has 5 nitrogen and oxygen atoms in total. The molecule has 0 aliphatic carbocycles. The first-order chi connectivity index (χ1) is 7.66. The van der Waals surface area contributed by atoms with Crippen LogP contribution in [-0.4, -0.2) is 51.5 Å². The minimum Gasteiger partial charge on any atom is -0.378 e. The Morgan fingerprint density at radius 1 is 1.19 bits per heavy atom. The summed E-state index contributed by atoms with van der Waals surface area (Å²) in [5.41, 5.74) is 0. The molecule has 0 heterocycles. The minimum absolute atomic E-state index is 0.0797. The standard InChI is InChI=1S/C11H24N2O3/c1-4-12-11(14)9-16-8-7-15-6-5-13-10(2)3/h10,13H,4-9H2,1-3H3,(H,12,14). The second-order valence-corrected chi connectivity index (χ2v) is 3.73. The molecule has 0 aromatic carbocycles. The molecule has 0 fully saturated rings. The Morgan fingerprint density at radius 2 is 1.88 bits per heavy atom. The molecule has 16 heavy (non-hydrogen) atoms. The highest BCUT2D eigenvalue weighted by Crippen LogP contribution is 1.80. The number of amides is 1. The summed E-state index contributed by atoms with van der Waals surface area (Å²) in [4.78, 5) is 11.0. The summed E-state index contributed by atoms with van der Waals surface area (Å²) >= 11 is 0. The zero-order valence-electron chi connectivity index (χ0n) is 10.5. The highest BCUT2D eigenvalue weighted by Gasteiger charge is 1.98. The van der Waals surface area contributed by atoms with Gasteiger partial charge in [0.1, 0.15) is 6.61 Å². The van der Waals surface area contributed by atoms with Crippen molar-refractivity contribution in [1.82, 2.24) is 10.6 Å². The van der Waals surface area contributed by atoms with Gasteiger partial charge in [-0.1, -0.05) is 13.8 Å². The predicted octanol–water partition coefficient (Wildman–Crippen LogP) is 0.154. The monoisotopic (exact) mass is 232 g/mol. The van der Waals surface area contributed by atoms with Gasteiger partial charge in [-0.05, 0) is 6.92 Å². The number of carbonyl (C=O) groups excluding carboxylic acids is 1. The van der Waals surface area contributed by atoms with Crippen molar-refractivity contribution in [3.63, 3.8) is 0 Å². The van der Waals surface area contributed by atoms with Gasteiger partial charge in [0, 0.05) is 19.1 Å². The molecule has 0 aromatic rings. The topological polar surface area (TPSA) is 59.6 Å². The molecule has 0 unspecified atom stereocenters. The van der Waals surface area contributed by atoms with Crippen molar-refractivity contribution in [2.75, 3.05) is 39.5 Å². The van der Waals surface area contributed by atoms with Crippen LogP contribution in [0.2, 0.25) is 0 Å². The van der Waals surface area contributed by atoms with Crippen LogP contribution >= 0.6 is 0 Å². The Bertz CT molecular complexity index is 175. The van der Waals surface area contributed by atoms with E-state index in [2.05, 4.69) is 24.5 Å². The van der Waals surface area contributed by atoms with Crippen LogP contribution in [0.15, 0.2) is 0 Å². The lowest BCUT2D eigenvalue weighted by molar-refractivity contribution is -0.126. The fraction of sp³-hybridized carbons (Fsp3) is 0.909. The van der Waals surface area contributed by atoms with Gasteiger partial charge in [0.2, 0.25) is 5.91 Å². The second-order valence-electron chi connectivity index (χ2n) is 3.73. The minimum atomic E-state index is -0.0797. The van der Waals surface area contributed by atoms with E-state index in [-0.39, 0.29) is 12.5 Å². The summed E-state index contributed by atoms with van der Waals surface area (Å²) in [5, 5.41) is 5.90. The summed E-state index contributed by atoms with van der Waals surface area (Å²) in [6, 6.07) is 0.484. The number of nitrogens with one attached hydrogen (secondary N) is 2. The number of likely N-dealkylation sites (N-methyl/N-ethyl adjacent to an activating group) is 1. The van der Waals surface area contributed by atoms with Crippen molar-refractivity contribution in [1.29, 1.82) is 0 Å². The maximum Gasteiger partial charge on any atom is 0.245 e. The Kier molecular flexibility index (Phi) is 10.4. The summed E-state index contributed by atoms with van der Waals surface area (Å²) in [5.74, 6) is -0.0797. The van der Waals surface area contributed by atoms with Gasteiger partial charge in [0.05, 0.1) is 19.8 Å². The molecule has 0 rings (SSSR count). The normalized spacial score (nSPS) is 10.8. The van der Waals surface area contributed by atoms with E-state index >= 15 is 0 Å². The lowest BCUT2D eigenvalue weighted by Gasteiger charge is -2.08. The third-order valence-corrected chi connectivity index (χ3v) is 1.78. The fourth-order valence-electron chi connectivity index (χ4n) is 1.05. The molecule has 1 amide bonds. The van der Waals surface area contributed by atoms with Crippen LogP contribution < -0.4 is 10.6 Å². The van der Waals surface area contributed by atoms with E-state index in [4.69, 9.17) is 9.47 Å². The van der Waals surface area contributed by atoms with Crippen molar-refractivity contribution in [2.24, 2.45) is 0 Å². The quantitative estimate of drug-likeness (QED) is 0.527. The summed E-state index contributed by atoms with van der Waals surface area (Å²) in [6.45, 7) is 9.31. The van der Waals surface area contributed by atoms with Gasteiger partial charge < -0.3 is 20.1 Å². The SMILES string of the molecule is CCNC(=O)COCCOCCNC(C)C. The molecule has 96 valence electrons. The van der Waals surface area contributed by atoms with Crippen molar-refractivity contribution in [3.05, 3.63) is 0 Å². The smallest absolute Gasteiger partial charge is 0.245 e. The van der Waals surface area contributed by atoms with Crippen LogP contribution in [0.3, 0.4) is 0 Å². The van der Waals surface area contributed by atoms with E-state index in [1.807, 2.05) is 6.92 Å². The van der Waals surface area contributed by atoms with E-state index in [1.165, 1.54) is 0 Å². The molecule has 0 bridgehead atoms. The average molecular weight is 232 g/mol. The third kappa shape index (κ3) is 11.4. The van der Waals surface area contributed by atoms with Crippen molar-refractivity contribution in [3.8, 4) is 0 Å². The maximum atomic E-state index is 11.0. The van der Waals surface area contributed by atoms with Gasteiger partial charge in [-0.2, -0.15) is 0 Å². The molecule has 0 radical (unpaired) electrons. The van der Waals surface area contributed by atoms with Gasteiger partial charge in [-0.25, -0.2) is 0 Å². The Labute approximate surface area is 97.9 Å². The molecule has 0 aliphatic rings. The summed E-state index contributed by atoms with van der Waals surface area (Å²) < 4.78 is 10.4. The van der Waals surface area contributed by atoms with Gasteiger partial charge in [0.15, 0.2) is 0 Å². The molecule has 0 aliphatic heterocycles. The molecular formula is C11H24N2O3. The largest absolute Gasteiger partial charge is 0.378 e. The van der Waals surface area contributed by atoms with E-state index in [0.29, 0.717) is 32.4 Å². The van der Waals surface area contributed by atoms with E-state index in [0.717, 1.165) is 6.54 Å². The molecule has 0 saturated carbocycles. The molecule has 5 heteroatoms. The first kappa shape index (κ1) is 15.3. The third-order valence-electron chi connectivity index (χ3n) is 1.78. The van der Waals surface area contributed by atoms with Gasteiger partial charge >= 0.3 is 0 Å². The molecule has 0 spiro atoms. The van der Waals surface area contributed by atoms with E-state index < -0.39 is 0 Å².